The Bertz CT molecular complexity index is 868. The second-order valence-electron chi connectivity index (χ2n) is 8.12. The van der Waals surface area contributed by atoms with Crippen LogP contribution in [0, 0.1) is 0 Å². The van der Waals surface area contributed by atoms with Gasteiger partial charge in [-0.05, 0) is 61.3 Å². The quantitative estimate of drug-likeness (QED) is 0.907. The Hall–Kier alpha value is -2.13. The lowest BCUT2D eigenvalue weighted by Crippen LogP contribution is -2.38. The van der Waals surface area contributed by atoms with Crippen LogP contribution >= 0.6 is 0 Å². The lowest BCUT2D eigenvalue weighted by Gasteiger charge is -2.26. The Morgan fingerprint density at radius 3 is 2.48 bits per heavy atom. The van der Waals surface area contributed by atoms with Crippen molar-refractivity contribution in [3.63, 3.8) is 0 Å². The Labute approximate surface area is 148 Å². The maximum absolute atomic E-state index is 13.6. The van der Waals surface area contributed by atoms with Crippen molar-refractivity contribution in [1.82, 2.24) is 0 Å². The molecule has 3 nitrogen and oxygen atoms in total. The van der Waals surface area contributed by atoms with Gasteiger partial charge in [0.15, 0.2) is 0 Å². The predicted octanol–water partition coefficient (Wildman–Crippen LogP) is 3.85. The van der Waals surface area contributed by atoms with E-state index in [0.29, 0.717) is 12.3 Å². The Kier molecular flexibility index (Phi) is 3.00. The summed E-state index contributed by atoms with van der Waals surface area (Å²) in [6.45, 7) is 2.57. The van der Waals surface area contributed by atoms with E-state index in [1.165, 1.54) is 18.4 Å². The molecule has 2 atom stereocenters. The van der Waals surface area contributed by atoms with E-state index in [9.17, 15) is 9.90 Å². The molecular weight excluding hydrogens is 310 g/mol. The largest absolute Gasteiger partial charge is 0.385 e. The highest BCUT2D eigenvalue weighted by atomic mass is 16.3. The molecule has 2 aromatic rings. The van der Waals surface area contributed by atoms with Crippen molar-refractivity contribution in [3.8, 4) is 0 Å². The molecule has 0 aromatic heterocycles. The summed E-state index contributed by atoms with van der Waals surface area (Å²) in [5, 5.41) is 10.9. The fraction of sp³-hybridized carbons (Fsp3) is 0.409. The molecule has 2 unspecified atom stereocenters. The Morgan fingerprint density at radius 2 is 1.72 bits per heavy atom. The van der Waals surface area contributed by atoms with Gasteiger partial charge >= 0.3 is 0 Å². The Balaban J connectivity index is 1.59. The van der Waals surface area contributed by atoms with Crippen molar-refractivity contribution in [3.05, 3.63) is 65.2 Å². The zero-order chi connectivity index (χ0) is 17.2. The molecule has 1 saturated carbocycles. The van der Waals surface area contributed by atoms with Crippen LogP contribution in [0.25, 0.3) is 0 Å². The van der Waals surface area contributed by atoms with Gasteiger partial charge in [0.1, 0.15) is 0 Å². The van der Waals surface area contributed by atoms with Crippen LogP contribution in [0.4, 0.5) is 5.69 Å². The number of aliphatic hydroxyl groups is 1. The number of hydrogen-bond acceptors (Lipinski definition) is 2. The number of nitrogens with zero attached hydrogens (tertiary/aromatic N) is 1. The van der Waals surface area contributed by atoms with Gasteiger partial charge in [-0.15, -0.1) is 0 Å². The summed E-state index contributed by atoms with van der Waals surface area (Å²) in [5.74, 6) is 0.769. The van der Waals surface area contributed by atoms with Gasteiger partial charge in [0.05, 0.1) is 11.0 Å². The van der Waals surface area contributed by atoms with E-state index < -0.39 is 11.0 Å². The summed E-state index contributed by atoms with van der Waals surface area (Å²) in [7, 11) is 0. The van der Waals surface area contributed by atoms with E-state index in [0.717, 1.165) is 29.8 Å². The topological polar surface area (TPSA) is 40.5 Å². The van der Waals surface area contributed by atoms with Gasteiger partial charge in [0.2, 0.25) is 5.91 Å². The molecule has 2 fully saturated rings. The van der Waals surface area contributed by atoms with Crippen LogP contribution < -0.4 is 4.90 Å². The number of carbonyl (C=O) groups is 1. The van der Waals surface area contributed by atoms with E-state index in [1.54, 1.807) is 0 Å². The van der Waals surface area contributed by atoms with E-state index in [2.05, 4.69) is 18.2 Å². The first kappa shape index (κ1) is 15.2. The van der Waals surface area contributed by atoms with Gasteiger partial charge in [0, 0.05) is 12.2 Å². The molecule has 2 aromatic carbocycles. The summed E-state index contributed by atoms with van der Waals surface area (Å²) in [4.78, 5) is 15.6. The van der Waals surface area contributed by atoms with Crippen molar-refractivity contribution in [2.45, 2.75) is 49.5 Å². The second kappa shape index (κ2) is 4.95. The molecule has 1 amide bonds. The van der Waals surface area contributed by atoms with Crippen LogP contribution in [0.3, 0.4) is 0 Å². The van der Waals surface area contributed by atoms with Crippen LogP contribution in [0.15, 0.2) is 48.5 Å². The van der Waals surface area contributed by atoms with Gasteiger partial charge in [-0.25, -0.2) is 0 Å². The van der Waals surface area contributed by atoms with Crippen molar-refractivity contribution < 1.29 is 9.90 Å². The number of carbonyl (C=O) groups excluding carboxylic acids is 1. The smallest absolute Gasteiger partial charge is 0.237 e. The summed E-state index contributed by atoms with van der Waals surface area (Å²) < 4.78 is 0. The normalized spacial score (nSPS) is 31.0. The minimum Gasteiger partial charge on any atom is -0.385 e. The third-order valence-corrected chi connectivity index (χ3v) is 6.33. The highest BCUT2D eigenvalue weighted by Gasteiger charge is 2.58. The molecule has 128 valence electrons. The number of para-hydroxylation sites is 1. The first-order valence-corrected chi connectivity index (χ1v) is 9.26. The van der Waals surface area contributed by atoms with Crippen LogP contribution in [0.5, 0.6) is 0 Å². The molecule has 1 saturated heterocycles. The lowest BCUT2D eigenvalue weighted by molar-refractivity contribution is -0.123. The molecule has 5 rings (SSSR count). The summed E-state index contributed by atoms with van der Waals surface area (Å²) in [6, 6.07) is 16.3. The maximum Gasteiger partial charge on any atom is 0.237 e. The monoisotopic (exact) mass is 333 g/mol. The van der Waals surface area contributed by atoms with E-state index >= 15 is 0 Å². The van der Waals surface area contributed by atoms with Gasteiger partial charge in [0.25, 0.3) is 0 Å². The summed E-state index contributed by atoms with van der Waals surface area (Å²) >= 11 is 0. The standard InChI is InChI=1S/C22H23NO2/c1-21(25)14-22(18-8-4-3-7-17(18)21)12-13-23(20(22)24)19-9-5-2-6-16(19)15-10-11-15/h2-9,15,25H,10-14H2,1H3. The molecule has 3 heteroatoms. The number of benzene rings is 2. The van der Waals surface area contributed by atoms with Crippen LogP contribution in [-0.4, -0.2) is 17.6 Å². The number of amides is 1. The molecular formula is C22H23NO2. The SMILES string of the molecule is CC1(O)CC2(CCN(c3ccccc3C3CC3)C2=O)c2ccccc21. The number of hydrogen-bond donors (Lipinski definition) is 1. The highest BCUT2D eigenvalue weighted by Crippen LogP contribution is 2.54. The van der Waals surface area contributed by atoms with Crippen molar-refractivity contribution in [2.75, 3.05) is 11.4 Å². The van der Waals surface area contributed by atoms with Crippen molar-refractivity contribution in [1.29, 1.82) is 0 Å². The molecule has 1 N–H and O–H groups in total. The van der Waals surface area contributed by atoms with Crippen LogP contribution in [-0.2, 0) is 15.8 Å². The molecule has 3 aliphatic rings. The average molecular weight is 333 g/mol. The first-order chi connectivity index (χ1) is 12.0. The van der Waals surface area contributed by atoms with E-state index in [4.69, 9.17) is 0 Å². The van der Waals surface area contributed by atoms with Crippen molar-refractivity contribution in [2.24, 2.45) is 0 Å². The third-order valence-electron chi connectivity index (χ3n) is 6.33. The second-order valence-corrected chi connectivity index (χ2v) is 8.12. The van der Waals surface area contributed by atoms with E-state index in [-0.39, 0.29) is 5.91 Å². The molecule has 1 heterocycles. The van der Waals surface area contributed by atoms with Gasteiger partial charge < -0.3 is 10.0 Å². The third kappa shape index (κ3) is 2.05. The summed E-state index contributed by atoms with van der Waals surface area (Å²) in [6.07, 6.45) is 3.71. The number of anilines is 1. The average Bonchev–Trinajstić information content (AvgIpc) is 3.37. The number of rotatable bonds is 2. The zero-order valence-electron chi connectivity index (χ0n) is 14.5. The summed E-state index contributed by atoms with van der Waals surface area (Å²) in [5.41, 5.74) is 2.83. The minimum absolute atomic E-state index is 0.158. The fourth-order valence-corrected chi connectivity index (χ4v) is 5.03. The molecule has 0 radical (unpaired) electrons. The molecule has 1 aliphatic heterocycles. The van der Waals surface area contributed by atoms with Crippen molar-refractivity contribution >= 4 is 11.6 Å². The van der Waals surface area contributed by atoms with Crippen LogP contribution in [0.2, 0.25) is 0 Å². The predicted molar refractivity (Wildman–Crippen MR) is 97.7 cm³/mol. The Morgan fingerprint density at radius 1 is 1.04 bits per heavy atom. The lowest BCUT2D eigenvalue weighted by atomic mass is 9.79. The fourth-order valence-electron chi connectivity index (χ4n) is 5.03. The molecule has 2 aliphatic carbocycles. The first-order valence-electron chi connectivity index (χ1n) is 9.26. The molecule has 0 bridgehead atoms. The molecule has 25 heavy (non-hydrogen) atoms. The highest BCUT2D eigenvalue weighted by molar-refractivity contribution is 6.05. The van der Waals surface area contributed by atoms with E-state index in [1.807, 2.05) is 42.2 Å². The van der Waals surface area contributed by atoms with Gasteiger partial charge in [-0.3, -0.25) is 4.79 Å². The van der Waals surface area contributed by atoms with Crippen LogP contribution in [0.1, 0.15) is 55.2 Å². The van der Waals surface area contributed by atoms with Gasteiger partial charge in [-0.1, -0.05) is 42.5 Å². The zero-order valence-corrected chi connectivity index (χ0v) is 14.5. The number of fused-ring (bicyclic) bond motifs is 2. The van der Waals surface area contributed by atoms with Gasteiger partial charge in [-0.2, -0.15) is 0 Å². The molecule has 1 spiro atoms. The maximum atomic E-state index is 13.6. The minimum atomic E-state index is -0.932.